The van der Waals surface area contributed by atoms with Crippen LogP contribution in [0.2, 0.25) is 0 Å². The van der Waals surface area contributed by atoms with E-state index in [1.165, 1.54) is 32.1 Å². The van der Waals surface area contributed by atoms with Crippen LogP contribution in [0.4, 0.5) is 0 Å². The van der Waals surface area contributed by atoms with E-state index in [1.54, 1.807) is 11.1 Å². The van der Waals surface area contributed by atoms with Gasteiger partial charge in [-0.1, -0.05) is 66.7 Å². The molecule has 0 radical (unpaired) electrons. The van der Waals surface area contributed by atoms with Gasteiger partial charge in [0, 0.05) is 18.3 Å². The lowest BCUT2D eigenvalue weighted by molar-refractivity contribution is -0.303. The number of allylic oxidation sites excluding steroid dienone is 3. The summed E-state index contributed by atoms with van der Waals surface area (Å²) < 4.78 is 13.4. The van der Waals surface area contributed by atoms with Gasteiger partial charge in [0.15, 0.2) is 11.6 Å². The molecule has 1 unspecified atom stereocenters. The van der Waals surface area contributed by atoms with Crippen molar-refractivity contribution < 1.29 is 14.3 Å². The average Bonchev–Trinajstić information content (AvgIpc) is 3.19. The van der Waals surface area contributed by atoms with Crippen LogP contribution in [0.15, 0.2) is 23.3 Å². The molecule has 1 aliphatic heterocycles. The van der Waals surface area contributed by atoms with E-state index in [-0.39, 0.29) is 27.4 Å². The number of ether oxygens (including phenoxy) is 2. The van der Waals surface area contributed by atoms with Crippen LogP contribution in [0.1, 0.15) is 78.6 Å². The van der Waals surface area contributed by atoms with Crippen LogP contribution in [0.3, 0.4) is 0 Å². The molecule has 2 saturated carbocycles. The van der Waals surface area contributed by atoms with Gasteiger partial charge in [-0.3, -0.25) is 4.79 Å². The first-order chi connectivity index (χ1) is 14.7. The van der Waals surface area contributed by atoms with Crippen molar-refractivity contribution >= 4 is 28.4 Å². The minimum atomic E-state index is -0.356. The third-order valence-corrected chi connectivity index (χ3v) is 11.4. The summed E-state index contributed by atoms with van der Waals surface area (Å²) in [6.45, 7) is 8.56. The second-order valence-corrected chi connectivity index (χ2v) is 13.2. The zero-order valence-corrected chi connectivity index (χ0v) is 21.6. The van der Waals surface area contributed by atoms with Crippen molar-refractivity contribution in [1.29, 1.82) is 0 Å². The normalized spacial score (nSPS) is 46.6. The zero-order chi connectivity index (χ0) is 21.7. The number of Topliss-reactive ketones (excluding diaryl/α,β-unsaturated/α-hetero) is 1. The second-order valence-electron chi connectivity index (χ2n) is 12.5. The van der Waals surface area contributed by atoms with E-state index < -0.39 is 0 Å². The van der Waals surface area contributed by atoms with Crippen LogP contribution in [-0.4, -0.2) is 29.2 Å². The summed E-state index contributed by atoms with van der Waals surface area (Å²) in [4.78, 5) is 13.2. The Morgan fingerprint density at radius 3 is 2.48 bits per heavy atom. The summed E-state index contributed by atoms with van der Waals surface area (Å²) >= 11 is 2.29. The van der Waals surface area contributed by atoms with Gasteiger partial charge in [0.2, 0.25) is 0 Å². The van der Waals surface area contributed by atoms with E-state index in [9.17, 15) is 4.79 Å². The lowest BCUT2D eigenvalue weighted by Gasteiger charge is -2.58. The Kier molecular flexibility index (Phi) is 4.60. The minimum absolute atomic E-state index is 0.129. The van der Waals surface area contributed by atoms with Crippen molar-refractivity contribution in [1.82, 2.24) is 0 Å². The van der Waals surface area contributed by atoms with Crippen molar-refractivity contribution in [2.24, 2.45) is 33.5 Å². The molecule has 0 aromatic heterocycles. The number of carbonyl (C=O) groups excluding carboxylic acids is 1. The lowest BCUT2D eigenvalue weighted by atomic mass is 9.45. The van der Waals surface area contributed by atoms with Crippen molar-refractivity contribution in [3.8, 4) is 0 Å². The number of fused-ring (bicyclic) bond motifs is 2. The van der Waals surface area contributed by atoms with Crippen LogP contribution < -0.4 is 0 Å². The summed E-state index contributed by atoms with van der Waals surface area (Å²) in [5, 5.41) is 0. The highest BCUT2D eigenvalue weighted by atomic mass is 127. The molecule has 1 heterocycles. The summed E-state index contributed by atoms with van der Waals surface area (Å²) in [6, 6.07) is 0. The fourth-order valence-electron chi connectivity index (χ4n) is 8.95. The predicted molar refractivity (Wildman–Crippen MR) is 130 cm³/mol. The van der Waals surface area contributed by atoms with E-state index in [0.29, 0.717) is 22.0 Å². The summed E-state index contributed by atoms with van der Waals surface area (Å²) in [5.74, 6) is 1.55. The number of ketones is 1. The van der Waals surface area contributed by atoms with Crippen molar-refractivity contribution in [2.75, 3.05) is 17.6 Å². The van der Waals surface area contributed by atoms with Crippen molar-refractivity contribution in [3.63, 3.8) is 0 Å². The van der Waals surface area contributed by atoms with E-state index in [4.69, 9.17) is 9.47 Å². The molecule has 2 bridgehead atoms. The highest BCUT2D eigenvalue weighted by Crippen LogP contribution is 2.78. The molecule has 4 heteroatoms. The van der Waals surface area contributed by atoms with Gasteiger partial charge in [-0.05, 0) is 67.6 Å². The Balaban J connectivity index is 1.29. The molecule has 1 spiro atoms. The van der Waals surface area contributed by atoms with E-state index >= 15 is 0 Å². The number of rotatable bonds is 2. The molecule has 0 amide bonds. The monoisotopic (exact) mass is 536 g/mol. The number of halogens is 1. The molecule has 0 aromatic carbocycles. The summed E-state index contributed by atoms with van der Waals surface area (Å²) in [7, 11) is 0. The number of hydrogen-bond acceptors (Lipinski definition) is 3. The van der Waals surface area contributed by atoms with Gasteiger partial charge in [0.05, 0.1) is 23.1 Å². The van der Waals surface area contributed by atoms with Gasteiger partial charge in [0.1, 0.15) is 0 Å². The number of hydrogen-bond donors (Lipinski definition) is 0. The lowest BCUT2D eigenvalue weighted by Crippen LogP contribution is -2.54. The Hall–Kier alpha value is -0.200. The SMILES string of the molecule is CC1(C)COC2(CCC3=C(CC[C@@H]4[C@@H]3CC[C@@]3(C)C45C=C[C@]3(C(=O)CI)CC5)C2)OC1. The Bertz CT molecular complexity index is 877. The first-order valence-corrected chi connectivity index (χ1v) is 14.0. The van der Waals surface area contributed by atoms with Crippen molar-refractivity contribution in [2.45, 2.75) is 84.3 Å². The zero-order valence-electron chi connectivity index (χ0n) is 19.4. The van der Waals surface area contributed by atoms with E-state index in [0.717, 1.165) is 38.9 Å². The predicted octanol–water partition coefficient (Wildman–Crippen LogP) is 6.40. The Morgan fingerprint density at radius 1 is 1.03 bits per heavy atom. The van der Waals surface area contributed by atoms with Crippen LogP contribution in [0, 0.1) is 33.5 Å². The van der Waals surface area contributed by atoms with Crippen LogP contribution >= 0.6 is 22.6 Å². The maximum Gasteiger partial charge on any atom is 0.172 e. The molecule has 0 aromatic rings. The van der Waals surface area contributed by atoms with Crippen LogP contribution in [0.25, 0.3) is 0 Å². The van der Waals surface area contributed by atoms with Gasteiger partial charge in [0.25, 0.3) is 0 Å². The van der Waals surface area contributed by atoms with Crippen molar-refractivity contribution in [3.05, 3.63) is 23.3 Å². The quantitative estimate of drug-likeness (QED) is 0.233. The molecule has 3 fully saturated rings. The molecular formula is C27H37IO3. The fourth-order valence-corrected chi connectivity index (χ4v) is 9.63. The first-order valence-electron chi connectivity index (χ1n) is 12.5. The molecule has 170 valence electrons. The van der Waals surface area contributed by atoms with Gasteiger partial charge in [-0.15, -0.1) is 0 Å². The van der Waals surface area contributed by atoms with Gasteiger partial charge in [-0.2, -0.15) is 0 Å². The molecule has 0 N–H and O–H groups in total. The van der Waals surface area contributed by atoms with E-state index in [1.807, 2.05) is 0 Å². The van der Waals surface area contributed by atoms with Gasteiger partial charge < -0.3 is 9.47 Å². The summed E-state index contributed by atoms with van der Waals surface area (Å²) in [6.07, 6.45) is 15.3. The molecule has 5 atom stereocenters. The topological polar surface area (TPSA) is 35.5 Å². The highest BCUT2D eigenvalue weighted by molar-refractivity contribution is 14.1. The third-order valence-electron chi connectivity index (χ3n) is 10.7. The maximum atomic E-state index is 13.2. The summed E-state index contributed by atoms with van der Waals surface area (Å²) in [5.41, 5.74) is 3.74. The van der Waals surface area contributed by atoms with Gasteiger partial charge >= 0.3 is 0 Å². The minimum Gasteiger partial charge on any atom is -0.349 e. The Morgan fingerprint density at radius 2 is 1.81 bits per heavy atom. The fraction of sp³-hybridized carbons (Fsp3) is 0.815. The highest BCUT2D eigenvalue weighted by Gasteiger charge is 2.73. The van der Waals surface area contributed by atoms with Gasteiger partial charge in [-0.25, -0.2) is 0 Å². The Labute approximate surface area is 200 Å². The molecule has 5 aliphatic carbocycles. The molecule has 31 heavy (non-hydrogen) atoms. The number of carbonyl (C=O) groups is 1. The largest absolute Gasteiger partial charge is 0.349 e. The second kappa shape index (κ2) is 6.69. The van der Waals surface area contributed by atoms with Crippen LogP contribution in [0.5, 0.6) is 0 Å². The number of alkyl halides is 1. The third kappa shape index (κ3) is 2.62. The molecule has 6 rings (SSSR count). The van der Waals surface area contributed by atoms with Crippen LogP contribution in [-0.2, 0) is 14.3 Å². The van der Waals surface area contributed by atoms with E-state index in [2.05, 4.69) is 55.5 Å². The standard InChI is InChI=1S/C27H37IO3/c1-23(2)16-30-27(31-17-23)9-7-19-18(14-27)4-5-21-20(19)6-8-24(3)25(21)10-12-26(24,13-11-25)22(29)15-28/h10,12,20-21H,4-9,11,13-17H2,1-3H3/t20-,21-,24+,25?,26-/m1/s1. The molecule has 3 nitrogen and oxygen atoms in total. The smallest absolute Gasteiger partial charge is 0.172 e. The maximum absolute atomic E-state index is 13.2. The first kappa shape index (κ1) is 21.3. The molecule has 6 aliphatic rings. The molecular weight excluding hydrogens is 499 g/mol. The average molecular weight is 536 g/mol. The molecule has 1 saturated heterocycles.